The number of benzene rings is 1. The van der Waals surface area contributed by atoms with Crippen molar-refractivity contribution in [3.05, 3.63) is 29.8 Å². The number of anilines is 3. The van der Waals surface area contributed by atoms with E-state index in [0.29, 0.717) is 5.95 Å². The van der Waals surface area contributed by atoms with Gasteiger partial charge >= 0.3 is 6.01 Å². The summed E-state index contributed by atoms with van der Waals surface area (Å²) in [6.07, 6.45) is 0. The van der Waals surface area contributed by atoms with E-state index in [2.05, 4.69) is 47.1 Å². The van der Waals surface area contributed by atoms with Crippen molar-refractivity contribution in [2.45, 2.75) is 26.2 Å². The van der Waals surface area contributed by atoms with Crippen molar-refractivity contribution in [3.8, 4) is 6.01 Å². The zero-order valence-electron chi connectivity index (χ0n) is 12.1. The van der Waals surface area contributed by atoms with Crippen LogP contribution in [0.15, 0.2) is 24.3 Å². The zero-order chi connectivity index (χ0) is 14.8. The summed E-state index contributed by atoms with van der Waals surface area (Å²) in [5, 5.41) is 3.17. The predicted molar refractivity (Wildman–Crippen MR) is 79.2 cm³/mol. The molecule has 0 saturated carbocycles. The Labute approximate surface area is 118 Å². The Hall–Kier alpha value is -2.37. The highest BCUT2D eigenvalue weighted by atomic mass is 16.5. The highest BCUT2D eigenvalue weighted by Gasteiger charge is 2.18. The highest BCUT2D eigenvalue weighted by Crippen LogP contribution is 2.30. The molecule has 106 valence electrons. The summed E-state index contributed by atoms with van der Waals surface area (Å²) >= 11 is 0. The molecule has 1 aromatic heterocycles. The van der Waals surface area contributed by atoms with Crippen LogP contribution in [0.2, 0.25) is 0 Å². The molecule has 0 aliphatic carbocycles. The molecule has 0 aliphatic rings. The third-order valence-electron chi connectivity index (χ3n) is 2.80. The third-order valence-corrected chi connectivity index (χ3v) is 2.80. The lowest BCUT2D eigenvalue weighted by molar-refractivity contribution is 0.380. The smallest absolute Gasteiger partial charge is 0.322 e. The molecule has 0 radical (unpaired) electrons. The number of para-hydroxylation sites is 1. The highest BCUT2D eigenvalue weighted by molar-refractivity contribution is 5.61. The summed E-state index contributed by atoms with van der Waals surface area (Å²) in [5.74, 6) is 0.485. The molecule has 0 unspecified atom stereocenters. The van der Waals surface area contributed by atoms with E-state index in [0.717, 1.165) is 11.3 Å². The summed E-state index contributed by atoms with van der Waals surface area (Å²) < 4.78 is 4.99. The van der Waals surface area contributed by atoms with Gasteiger partial charge in [-0.25, -0.2) is 0 Å². The van der Waals surface area contributed by atoms with Crippen molar-refractivity contribution < 1.29 is 4.74 Å². The topological polar surface area (TPSA) is 86.0 Å². The van der Waals surface area contributed by atoms with Gasteiger partial charge in [0.15, 0.2) is 0 Å². The van der Waals surface area contributed by atoms with E-state index in [1.54, 1.807) is 0 Å². The largest absolute Gasteiger partial charge is 0.467 e. The first-order valence-corrected chi connectivity index (χ1v) is 6.32. The summed E-state index contributed by atoms with van der Waals surface area (Å²) in [6, 6.07) is 8.21. The number of nitrogens with one attached hydrogen (secondary N) is 1. The van der Waals surface area contributed by atoms with Crippen LogP contribution in [0, 0.1) is 0 Å². The second kappa shape index (κ2) is 5.32. The van der Waals surface area contributed by atoms with Gasteiger partial charge in [-0.2, -0.15) is 15.0 Å². The van der Waals surface area contributed by atoms with Gasteiger partial charge in [-0.15, -0.1) is 0 Å². The van der Waals surface area contributed by atoms with Crippen LogP contribution in [0.5, 0.6) is 6.01 Å². The van der Waals surface area contributed by atoms with Gasteiger partial charge < -0.3 is 15.8 Å². The van der Waals surface area contributed by atoms with Crippen LogP contribution in [-0.4, -0.2) is 22.1 Å². The Morgan fingerprint density at radius 1 is 1.10 bits per heavy atom. The molecule has 0 saturated heterocycles. The molecule has 0 spiro atoms. The second-order valence-corrected chi connectivity index (χ2v) is 5.42. The van der Waals surface area contributed by atoms with Crippen LogP contribution in [0.25, 0.3) is 0 Å². The Bertz CT molecular complexity index is 607. The number of nitrogen functional groups attached to an aromatic ring is 1. The van der Waals surface area contributed by atoms with Crippen molar-refractivity contribution in [1.82, 2.24) is 15.0 Å². The fourth-order valence-corrected chi connectivity index (χ4v) is 1.89. The minimum atomic E-state index is 0.00621. The van der Waals surface area contributed by atoms with Gasteiger partial charge in [0.1, 0.15) is 0 Å². The lowest BCUT2D eigenvalue weighted by Gasteiger charge is -2.23. The number of ether oxygens (including phenoxy) is 1. The number of methoxy groups -OCH3 is 1. The Morgan fingerprint density at radius 3 is 2.45 bits per heavy atom. The van der Waals surface area contributed by atoms with E-state index < -0.39 is 0 Å². The van der Waals surface area contributed by atoms with E-state index in [4.69, 9.17) is 10.5 Å². The average molecular weight is 273 g/mol. The SMILES string of the molecule is COc1nc(N)nc(Nc2ccccc2C(C)(C)C)n1. The van der Waals surface area contributed by atoms with Crippen LogP contribution in [0.3, 0.4) is 0 Å². The van der Waals surface area contributed by atoms with Crippen molar-refractivity contribution in [2.24, 2.45) is 0 Å². The van der Waals surface area contributed by atoms with Crippen molar-refractivity contribution in [1.29, 1.82) is 0 Å². The molecule has 0 fully saturated rings. The molecule has 0 bridgehead atoms. The van der Waals surface area contributed by atoms with E-state index in [9.17, 15) is 0 Å². The molecule has 0 aliphatic heterocycles. The van der Waals surface area contributed by atoms with E-state index in [-0.39, 0.29) is 17.4 Å². The second-order valence-electron chi connectivity index (χ2n) is 5.42. The molecule has 1 aromatic carbocycles. The van der Waals surface area contributed by atoms with E-state index in [1.807, 2.05) is 18.2 Å². The van der Waals surface area contributed by atoms with Gasteiger partial charge in [-0.1, -0.05) is 39.0 Å². The van der Waals surface area contributed by atoms with E-state index in [1.165, 1.54) is 7.11 Å². The molecule has 6 nitrogen and oxygen atoms in total. The molecule has 2 rings (SSSR count). The van der Waals surface area contributed by atoms with Gasteiger partial charge in [0.05, 0.1) is 7.11 Å². The van der Waals surface area contributed by atoms with Crippen LogP contribution in [0.4, 0.5) is 17.6 Å². The molecule has 0 amide bonds. The van der Waals surface area contributed by atoms with Gasteiger partial charge in [0, 0.05) is 5.69 Å². The summed E-state index contributed by atoms with van der Waals surface area (Å²) in [4.78, 5) is 12.1. The molecule has 20 heavy (non-hydrogen) atoms. The average Bonchev–Trinajstić information content (AvgIpc) is 2.37. The predicted octanol–water partition coefficient (Wildman–Crippen LogP) is 2.50. The molecule has 3 N–H and O–H groups in total. The lowest BCUT2D eigenvalue weighted by atomic mass is 9.86. The number of nitrogens with zero attached hydrogens (tertiary/aromatic N) is 3. The molecular formula is C14H19N5O. The van der Waals surface area contributed by atoms with Crippen LogP contribution >= 0.6 is 0 Å². The van der Waals surface area contributed by atoms with Crippen LogP contribution in [0.1, 0.15) is 26.3 Å². The Kier molecular flexibility index (Phi) is 3.74. The maximum Gasteiger partial charge on any atom is 0.322 e. The first-order chi connectivity index (χ1) is 9.40. The van der Waals surface area contributed by atoms with Crippen LogP contribution in [-0.2, 0) is 5.41 Å². The summed E-state index contributed by atoms with van der Waals surface area (Å²) in [7, 11) is 1.49. The fraction of sp³-hybridized carbons (Fsp3) is 0.357. The number of hydrogen-bond donors (Lipinski definition) is 2. The van der Waals surface area contributed by atoms with Gasteiger partial charge in [-0.3, -0.25) is 0 Å². The first kappa shape index (κ1) is 14.0. The normalized spacial score (nSPS) is 11.2. The quantitative estimate of drug-likeness (QED) is 0.893. The van der Waals surface area contributed by atoms with Crippen molar-refractivity contribution >= 4 is 17.6 Å². The minimum absolute atomic E-state index is 0.00621. The molecule has 2 aromatic rings. The fourth-order valence-electron chi connectivity index (χ4n) is 1.89. The Morgan fingerprint density at radius 2 is 1.80 bits per heavy atom. The number of nitrogens with two attached hydrogens (primary N) is 1. The van der Waals surface area contributed by atoms with Gasteiger partial charge in [0.2, 0.25) is 11.9 Å². The minimum Gasteiger partial charge on any atom is -0.467 e. The maximum absolute atomic E-state index is 5.63. The molecule has 1 heterocycles. The maximum atomic E-state index is 5.63. The standard InChI is InChI=1S/C14H19N5O/c1-14(2,3)9-7-5-6-8-10(9)16-12-17-11(15)18-13(19-12)20-4/h5-8H,1-4H3,(H3,15,16,17,18,19). The van der Waals surface area contributed by atoms with Crippen LogP contribution < -0.4 is 15.8 Å². The Balaban J connectivity index is 2.38. The monoisotopic (exact) mass is 273 g/mol. The van der Waals surface area contributed by atoms with Crippen molar-refractivity contribution in [2.75, 3.05) is 18.2 Å². The summed E-state index contributed by atoms with van der Waals surface area (Å²) in [6.45, 7) is 6.45. The lowest BCUT2D eigenvalue weighted by Crippen LogP contribution is -2.14. The summed E-state index contributed by atoms with van der Waals surface area (Å²) in [5.41, 5.74) is 7.74. The third kappa shape index (κ3) is 3.14. The first-order valence-electron chi connectivity index (χ1n) is 6.32. The molecule has 0 atom stereocenters. The van der Waals surface area contributed by atoms with Gasteiger partial charge in [-0.05, 0) is 17.0 Å². The number of aromatic nitrogens is 3. The molecule has 6 heteroatoms. The molecular weight excluding hydrogens is 254 g/mol. The number of rotatable bonds is 3. The number of hydrogen-bond acceptors (Lipinski definition) is 6. The zero-order valence-corrected chi connectivity index (χ0v) is 12.1. The van der Waals surface area contributed by atoms with E-state index >= 15 is 0 Å². The van der Waals surface area contributed by atoms with Gasteiger partial charge in [0.25, 0.3) is 0 Å². The van der Waals surface area contributed by atoms with Crippen molar-refractivity contribution in [3.63, 3.8) is 0 Å².